The van der Waals surface area contributed by atoms with Crippen LogP contribution in [0.3, 0.4) is 0 Å². The van der Waals surface area contributed by atoms with Crippen LogP contribution < -0.4 is 4.74 Å². The van der Waals surface area contributed by atoms with E-state index in [1.54, 1.807) is 44.2 Å². The summed E-state index contributed by atoms with van der Waals surface area (Å²) in [4.78, 5) is 12.0. The number of hydrogen-bond donors (Lipinski definition) is 0. The number of hydrogen-bond acceptors (Lipinski definition) is 6. The number of esters is 1. The first-order chi connectivity index (χ1) is 13.3. The van der Waals surface area contributed by atoms with Crippen molar-refractivity contribution >= 4 is 16.1 Å². The van der Waals surface area contributed by atoms with Crippen LogP contribution in [0, 0.1) is 0 Å². The molecule has 0 saturated carbocycles. The highest BCUT2D eigenvalue weighted by molar-refractivity contribution is 7.85. The highest BCUT2D eigenvalue weighted by atomic mass is 32.2. The van der Waals surface area contributed by atoms with Crippen LogP contribution in [-0.2, 0) is 26.6 Å². The van der Waals surface area contributed by atoms with Crippen LogP contribution in [-0.4, -0.2) is 31.3 Å². The zero-order chi connectivity index (χ0) is 21.9. The van der Waals surface area contributed by atoms with Crippen molar-refractivity contribution in [3.63, 3.8) is 0 Å². The molecule has 2 rings (SSSR count). The van der Waals surface area contributed by atoms with Gasteiger partial charge in [0.15, 0.2) is 0 Å². The van der Waals surface area contributed by atoms with Gasteiger partial charge in [-0.3, -0.25) is 0 Å². The van der Waals surface area contributed by atoms with Gasteiger partial charge in [-0.1, -0.05) is 30.3 Å². The van der Waals surface area contributed by atoms with Gasteiger partial charge in [-0.05, 0) is 37.6 Å². The van der Waals surface area contributed by atoms with E-state index in [-0.39, 0.29) is 5.56 Å². The molecule has 2 aromatic rings. The summed E-state index contributed by atoms with van der Waals surface area (Å²) in [6.45, 7) is 2.44. The Morgan fingerprint density at radius 2 is 1.69 bits per heavy atom. The van der Waals surface area contributed by atoms with Crippen molar-refractivity contribution in [3.05, 3.63) is 65.2 Å². The summed E-state index contributed by atoms with van der Waals surface area (Å²) in [6, 6.07) is 11.0. The lowest BCUT2D eigenvalue weighted by molar-refractivity contribution is -0.139. The molecule has 0 amide bonds. The second-order valence-electron chi connectivity index (χ2n) is 6.58. The van der Waals surface area contributed by atoms with Gasteiger partial charge in [-0.25, -0.2) is 13.2 Å². The Labute approximate surface area is 166 Å². The van der Waals surface area contributed by atoms with Gasteiger partial charge in [0, 0.05) is 0 Å². The number of ether oxygens (including phenoxy) is 2. The van der Waals surface area contributed by atoms with Crippen LogP contribution >= 0.6 is 0 Å². The molecule has 0 atom stereocenters. The van der Waals surface area contributed by atoms with Crippen molar-refractivity contribution in [1.29, 1.82) is 0 Å². The van der Waals surface area contributed by atoms with Gasteiger partial charge in [0.2, 0.25) is 0 Å². The van der Waals surface area contributed by atoms with Crippen LogP contribution in [0.5, 0.6) is 5.75 Å². The number of rotatable bonds is 7. The molecule has 0 N–H and O–H groups in total. The maximum absolute atomic E-state index is 13.4. The average Bonchev–Trinajstić information content (AvgIpc) is 2.60. The van der Waals surface area contributed by atoms with Crippen molar-refractivity contribution in [2.24, 2.45) is 0 Å². The van der Waals surface area contributed by atoms with E-state index in [1.807, 2.05) is 0 Å². The quantitative estimate of drug-likeness (QED) is 0.490. The Morgan fingerprint density at radius 3 is 2.24 bits per heavy atom. The SMILES string of the molecule is CC(C)(Oc1cc(C(=O)OCCS(=O)(=O)[O-])ccc1C(F)(F)F)c1ccccc1. The third-order valence-electron chi connectivity index (χ3n) is 3.92. The second kappa shape index (κ2) is 8.42. The Kier molecular flexibility index (Phi) is 6.59. The minimum Gasteiger partial charge on any atom is -0.748 e. The average molecular weight is 431 g/mol. The lowest BCUT2D eigenvalue weighted by Crippen LogP contribution is -2.27. The predicted molar refractivity (Wildman–Crippen MR) is 96.4 cm³/mol. The molecule has 29 heavy (non-hydrogen) atoms. The summed E-state index contributed by atoms with van der Waals surface area (Å²) < 4.78 is 82.1. The smallest absolute Gasteiger partial charge is 0.419 e. The van der Waals surface area contributed by atoms with Crippen molar-refractivity contribution in [2.75, 3.05) is 12.4 Å². The molecule has 10 heteroatoms. The first-order valence-electron chi connectivity index (χ1n) is 8.36. The number of carbonyl (C=O) groups is 1. The van der Waals surface area contributed by atoms with E-state index in [0.717, 1.165) is 12.1 Å². The predicted octanol–water partition coefficient (Wildman–Crippen LogP) is 3.72. The molecule has 0 fully saturated rings. The van der Waals surface area contributed by atoms with Gasteiger partial charge in [0.25, 0.3) is 0 Å². The second-order valence-corrected chi connectivity index (χ2v) is 8.11. The van der Waals surface area contributed by atoms with E-state index in [2.05, 4.69) is 4.74 Å². The molecule has 0 bridgehead atoms. The van der Waals surface area contributed by atoms with Crippen LogP contribution in [0.15, 0.2) is 48.5 Å². The van der Waals surface area contributed by atoms with E-state index in [1.165, 1.54) is 0 Å². The fraction of sp³-hybridized carbons (Fsp3) is 0.316. The number of halogens is 3. The minimum atomic E-state index is -4.73. The standard InChI is InChI=1S/C19H19F3O6S/c1-18(2,14-6-4-3-5-7-14)28-16-12-13(8-9-15(16)19(20,21)22)17(23)27-10-11-29(24,25)26/h3-9,12H,10-11H2,1-2H3,(H,24,25,26)/p-1. The molecule has 0 saturated heterocycles. The fourth-order valence-electron chi connectivity index (χ4n) is 2.46. The zero-order valence-electron chi connectivity index (χ0n) is 15.5. The van der Waals surface area contributed by atoms with Crippen molar-refractivity contribution in [1.82, 2.24) is 0 Å². The number of alkyl halides is 3. The van der Waals surface area contributed by atoms with E-state index in [0.29, 0.717) is 11.6 Å². The molecule has 0 unspecified atom stereocenters. The first-order valence-corrected chi connectivity index (χ1v) is 9.94. The minimum absolute atomic E-state index is 0.278. The lowest BCUT2D eigenvalue weighted by Gasteiger charge is -2.29. The molecule has 0 aromatic heterocycles. The van der Waals surface area contributed by atoms with Crippen molar-refractivity contribution in [3.8, 4) is 5.75 Å². The maximum Gasteiger partial charge on any atom is 0.419 e. The summed E-state index contributed by atoms with van der Waals surface area (Å²) in [5.74, 6) is -2.61. The van der Waals surface area contributed by atoms with Gasteiger partial charge in [0.1, 0.15) is 18.0 Å². The summed E-state index contributed by atoms with van der Waals surface area (Å²) in [6.07, 6.45) is -4.73. The van der Waals surface area contributed by atoms with Crippen LogP contribution in [0.4, 0.5) is 13.2 Å². The van der Waals surface area contributed by atoms with Crippen LogP contribution in [0.25, 0.3) is 0 Å². The summed E-state index contributed by atoms with van der Waals surface area (Å²) in [7, 11) is -4.59. The Morgan fingerprint density at radius 1 is 1.07 bits per heavy atom. The van der Waals surface area contributed by atoms with Gasteiger partial charge in [-0.15, -0.1) is 0 Å². The summed E-state index contributed by atoms with van der Waals surface area (Å²) in [5.41, 5.74) is -1.90. The molecular formula is C19H18F3O6S-. The van der Waals surface area contributed by atoms with E-state index in [9.17, 15) is 30.9 Å². The lowest BCUT2D eigenvalue weighted by atomic mass is 9.97. The number of carbonyl (C=O) groups excluding carboxylic acids is 1. The van der Waals surface area contributed by atoms with Crippen molar-refractivity contribution < 1.29 is 40.4 Å². The first kappa shape index (κ1) is 22.7. The molecule has 0 spiro atoms. The fourth-order valence-corrected chi connectivity index (χ4v) is 2.75. The summed E-state index contributed by atoms with van der Waals surface area (Å²) in [5, 5.41) is 0. The van der Waals surface area contributed by atoms with Gasteiger partial charge in [0.05, 0.1) is 27.0 Å². The van der Waals surface area contributed by atoms with Gasteiger partial charge in [-0.2, -0.15) is 13.2 Å². The topological polar surface area (TPSA) is 92.7 Å². The largest absolute Gasteiger partial charge is 0.748 e. The molecule has 0 heterocycles. The Balaban J connectivity index is 2.33. The molecule has 6 nitrogen and oxygen atoms in total. The van der Waals surface area contributed by atoms with Crippen LogP contribution in [0.2, 0.25) is 0 Å². The Bertz CT molecular complexity index is 969. The third kappa shape index (κ3) is 6.47. The highest BCUT2D eigenvalue weighted by Gasteiger charge is 2.37. The molecule has 0 radical (unpaired) electrons. The molecule has 2 aromatic carbocycles. The molecule has 0 aliphatic rings. The van der Waals surface area contributed by atoms with E-state index >= 15 is 0 Å². The summed E-state index contributed by atoms with van der Waals surface area (Å²) >= 11 is 0. The third-order valence-corrected chi connectivity index (χ3v) is 4.59. The molecule has 158 valence electrons. The molecular weight excluding hydrogens is 413 g/mol. The van der Waals surface area contributed by atoms with Gasteiger partial charge < -0.3 is 14.0 Å². The van der Waals surface area contributed by atoms with Crippen LogP contribution in [0.1, 0.15) is 35.3 Å². The van der Waals surface area contributed by atoms with E-state index < -0.39 is 51.5 Å². The zero-order valence-corrected chi connectivity index (χ0v) is 16.3. The Hall–Kier alpha value is -2.59. The monoisotopic (exact) mass is 431 g/mol. The highest BCUT2D eigenvalue weighted by Crippen LogP contribution is 2.39. The van der Waals surface area contributed by atoms with Crippen molar-refractivity contribution in [2.45, 2.75) is 25.6 Å². The maximum atomic E-state index is 13.4. The molecule has 0 aliphatic carbocycles. The number of benzene rings is 2. The molecule has 0 aliphatic heterocycles. The van der Waals surface area contributed by atoms with E-state index in [4.69, 9.17) is 4.74 Å². The normalized spacial score (nSPS) is 12.5. The van der Waals surface area contributed by atoms with Gasteiger partial charge >= 0.3 is 12.1 Å².